The Balaban J connectivity index is 0.00000288. The number of hydrogen-bond acceptors (Lipinski definition) is 3. The summed E-state index contributed by atoms with van der Waals surface area (Å²) in [6.45, 7) is 1.04. The first-order chi connectivity index (χ1) is 10.9. The summed E-state index contributed by atoms with van der Waals surface area (Å²) in [5, 5.41) is 0.340. The summed E-state index contributed by atoms with van der Waals surface area (Å²) in [5.74, 6) is 0.376. The predicted octanol–water partition coefficient (Wildman–Crippen LogP) is 4.31. The van der Waals surface area contributed by atoms with Crippen molar-refractivity contribution >= 4 is 35.0 Å². The summed E-state index contributed by atoms with van der Waals surface area (Å²) in [6.07, 6.45) is 2.71. The van der Waals surface area contributed by atoms with Crippen LogP contribution in [0.15, 0.2) is 18.2 Å². The van der Waals surface area contributed by atoms with Crippen molar-refractivity contribution in [2.24, 2.45) is 5.92 Å². The molecule has 1 heterocycles. The van der Waals surface area contributed by atoms with Crippen molar-refractivity contribution in [3.63, 3.8) is 0 Å². The second kappa shape index (κ2) is 10.1. The van der Waals surface area contributed by atoms with Crippen molar-refractivity contribution in [1.82, 2.24) is 4.90 Å². The molecule has 0 fully saturated rings. The van der Waals surface area contributed by atoms with Gasteiger partial charge in [-0.05, 0) is 23.4 Å². The first kappa shape index (κ1) is 21.9. The Morgan fingerprint density at radius 2 is 2.21 bits per heavy atom. The molecule has 24 heavy (non-hydrogen) atoms. The van der Waals surface area contributed by atoms with Crippen molar-refractivity contribution in [1.29, 1.82) is 0 Å². The standard InChI is InChI=1S/C16H17ClF2NO2S.Y/c1-10-3-6-14(20(16(10)21)8-15(18)19)12-5-4-11(7-13(12)17)22-9-23-2;/h4-5,7,10,15H,3,8-9H2,1-2H3;/q-1;. The van der Waals surface area contributed by atoms with E-state index in [2.05, 4.69) is 6.08 Å². The van der Waals surface area contributed by atoms with Crippen LogP contribution in [0, 0.1) is 12.0 Å². The van der Waals surface area contributed by atoms with E-state index in [-0.39, 0.29) is 44.5 Å². The van der Waals surface area contributed by atoms with Crippen LogP contribution in [0.5, 0.6) is 5.75 Å². The van der Waals surface area contributed by atoms with Crippen LogP contribution < -0.4 is 4.74 Å². The molecule has 0 N–H and O–H groups in total. The molecule has 2 rings (SSSR count). The number of carbonyl (C=O) groups excluding carboxylic acids is 1. The third kappa shape index (κ3) is 5.42. The molecule has 0 aromatic heterocycles. The molecule has 0 aliphatic carbocycles. The van der Waals surface area contributed by atoms with E-state index in [0.717, 1.165) is 4.90 Å². The number of halogens is 3. The summed E-state index contributed by atoms with van der Waals surface area (Å²) in [4.78, 5) is 13.3. The zero-order valence-corrected chi connectivity index (χ0v) is 17.8. The quantitative estimate of drug-likeness (QED) is 0.479. The number of rotatable bonds is 6. The zero-order valence-electron chi connectivity index (χ0n) is 13.4. The minimum Gasteiger partial charge on any atom is -0.483 e. The molecular formula is C16H17ClF2NO2SY-. The minimum absolute atomic E-state index is 0. The number of allylic oxidation sites excluding steroid dienone is 1. The number of amides is 1. The third-order valence-electron chi connectivity index (χ3n) is 3.39. The monoisotopic (exact) mass is 449 g/mol. The number of ether oxygens (including phenoxy) is 1. The van der Waals surface area contributed by atoms with Gasteiger partial charge in [0.2, 0.25) is 5.91 Å². The average molecular weight is 450 g/mol. The molecule has 0 spiro atoms. The number of hydrogen-bond donors (Lipinski definition) is 0. The van der Waals surface area contributed by atoms with E-state index in [1.165, 1.54) is 11.8 Å². The maximum absolute atomic E-state index is 12.8. The van der Waals surface area contributed by atoms with Gasteiger partial charge in [-0.3, -0.25) is 4.79 Å². The van der Waals surface area contributed by atoms with Crippen LogP contribution >= 0.6 is 23.4 Å². The molecule has 1 aromatic rings. The van der Waals surface area contributed by atoms with Gasteiger partial charge >= 0.3 is 0 Å². The van der Waals surface area contributed by atoms with Gasteiger partial charge in [0.1, 0.15) is 11.7 Å². The summed E-state index contributed by atoms with van der Waals surface area (Å²) in [5.41, 5.74) is 0.818. The van der Waals surface area contributed by atoms with Gasteiger partial charge in [0.15, 0.2) is 0 Å². The summed E-state index contributed by atoms with van der Waals surface area (Å²) >= 11 is 7.78. The smallest absolute Gasteiger partial charge is 0.256 e. The fourth-order valence-electron chi connectivity index (χ4n) is 2.27. The number of nitrogens with zero attached hydrogens (tertiary/aromatic N) is 1. The molecule has 8 heteroatoms. The minimum atomic E-state index is -2.62. The average Bonchev–Trinajstić information content (AvgIpc) is 2.50. The summed E-state index contributed by atoms with van der Waals surface area (Å²) in [7, 11) is 0. The van der Waals surface area contributed by atoms with E-state index in [1.54, 1.807) is 25.1 Å². The van der Waals surface area contributed by atoms with E-state index < -0.39 is 13.0 Å². The second-order valence-corrected chi connectivity index (χ2v) is 6.38. The molecule has 1 amide bonds. The molecule has 0 saturated carbocycles. The number of carbonyl (C=O) groups is 1. The van der Waals surface area contributed by atoms with E-state index in [4.69, 9.17) is 16.3 Å². The Morgan fingerprint density at radius 3 is 2.79 bits per heavy atom. The molecule has 1 aliphatic rings. The fraction of sp³-hybridized carbons (Fsp3) is 0.438. The van der Waals surface area contributed by atoms with E-state index in [0.29, 0.717) is 34.4 Å². The van der Waals surface area contributed by atoms with Crippen LogP contribution in [0.4, 0.5) is 8.78 Å². The number of thioether (sulfide) groups is 1. The van der Waals surface area contributed by atoms with Gasteiger partial charge in [-0.25, -0.2) is 14.9 Å². The van der Waals surface area contributed by atoms with Crippen molar-refractivity contribution in [2.75, 3.05) is 18.7 Å². The Bertz CT molecular complexity index is 616. The fourth-order valence-corrected chi connectivity index (χ4v) is 2.79. The molecule has 1 radical (unpaired) electrons. The van der Waals surface area contributed by atoms with Crippen LogP contribution in [0.1, 0.15) is 18.9 Å². The van der Waals surface area contributed by atoms with Gasteiger partial charge in [-0.15, -0.1) is 40.7 Å². The summed E-state index contributed by atoms with van der Waals surface area (Å²) < 4.78 is 31.1. The van der Waals surface area contributed by atoms with Crippen LogP contribution in [0.25, 0.3) is 5.70 Å². The van der Waals surface area contributed by atoms with E-state index in [9.17, 15) is 13.6 Å². The largest absolute Gasteiger partial charge is 0.483 e. The Kier molecular flexibility index (Phi) is 9.20. The molecule has 1 aromatic carbocycles. The van der Waals surface area contributed by atoms with Gasteiger partial charge in [-0.1, -0.05) is 13.3 Å². The predicted molar refractivity (Wildman–Crippen MR) is 88.6 cm³/mol. The van der Waals surface area contributed by atoms with Gasteiger partial charge in [0.05, 0.1) is 6.54 Å². The normalized spacial score (nSPS) is 17.6. The van der Waals surface area contributed by atoms with Gasteiger partial charge in [0.25, 0.3) is 6.43 Å². The third-order valence-corrected chi connectivity index (χ3v) is 4.06. The van der Waals surface area contributed by atoms with Gasteiger partial charge in [0, 0.05) is 38.6 Å². The Labute approximate surface area is 175 Å². The van der Waals surface area contributed by atoms with Crippen LogP contribution in [-0.2, 0) is 37.5 Å². The first-order valence-electron chi connectivity index (χ1n) is 7.06. The molecule has 0 saturated heterocycles. The first-order valence-corrected chi connectivity index (χ1v) is 8.83. The molecular weight excluding hydrogens is 433 g/mol. The van der Waals surface area contributed by atoms with Crippen LogP contribution in [-0.4, -0.2) is 36.0 Å². The Hall–Kier alpha value is -0.166. The van der Waals surface area contributed by atoms with Crippen molar-refractivity contribution < 1.29 is 51.0 Å². The van der Waals surface area contributed by atoms with Crippen LogP contribution in [0.3, 0.4) is 0 Å². The maximum Gasteiger partial charge on any atom is 0.256 e. The molecule has 1 atom stereocenters. The van der Waals surface area contributed by atoms with Crippen molar-refractivity contribution in [3.05, 3.63) is 34.9 Å². The van der Waals surface area contributed by atoms with E-state index >= 15 is 0 Å². The second-order valence-electron chi connectivity index (χ2n) is 5.16. The Morgan fingerprint density at radius 1 is 1.50 bits per heavy atom. The molecule has 3 nitrogen and oxygen atoms in total. The molecule has 1 aliphatic heterocycles. The summed E-state index contributed by atoms with van der Waals surface area (Å²) in [6, 6.07) is 4.99. The van der Waals surface area contributed by atoms with Crippen molar-refractivity contribution in [3.8, 4) is 5.75 Å². The molecule has 0 bridgehead atoms. The van der Waals surface area contributed by atoms with Gasteiger partial charge < -0.3 is 9.64 Å². The topological polar surface area (TPSA) is 29.5 Å². The molecule has 129 valence electrons. The maximum atomic E-state index is 12.8. The zero-order chi connectivity index (χ0) is 17.0. The molecule has 1 unspecified atom stereocenters. The van der Waals surface area contributed by atoms with Crippen LogP contribution in [0.2, 0.25) is 5.02 Å². The van der Waals surface area contributed by atoms with Gasteiger partial charge in [-0.2, -0.15) is 0 Å². The number of alkyl halides is 2. The van der Waals surface area contributed by atoms with Crippen molar-refractivity contribution in [2.45, 2.75) is 19.8 Å². The SMILES string of the molecule is CSCOc1ccc(C2=[C-]CC(C)C(=O)N2CC(F)F)c(Cl)c1.[Y]. The number of benzene rings is 1. The van der Waals surface area contributed by atoms with E-state index in [1.807, 2.05) is 6.26 Å².